The van der Waals surface area contributed by atoms with Gasteiger partial charge in [0.05, 0.1) is 18.8 Å². The Bertz CT molecular complexity index is 815. The summed E-state index contributed by atoms with van der Waals surface area (Å²) in [4.78, 5) is 12.7. The van der Waals surface area contributed by atoms with Crippen LogP contribution in [0.4, 0.5) is 0 Å². The Morgan fingerprint density at radius 3 is 2.56 bits per heavy atom. The van der Waals surface area contributed by atoms with E-state index in [-0.39, 0.29) is 24.0 Å². The Labute approximate surface area is 162 Å². The molecular formula is C16H19IN6O2. The van der Waals surface area contributed by atoms with Crippen molar-refractivity contribution in [2.75, 3.05) is 7.05 Å². The van der Waals surface area contributed by atoms with E-state index in [9.17, 15) is 0 Å². The van der Waals surface area contributed by atoms with Crippen LogP contribution in [-0.2, 0) is 13.1 Å². The highest BCUT2D eigenvalue weighted by Crippen LogP contribution is 2.17. The lowest BCUT2D eigenvalue weighted by atomic mass is 10.2. The highest BCUT2D eigenvalue weighted by Gasteiger charge is 2.08. The molecule has 0 unspecified atom stereocenters. The third-order valence-corrected chi connectivity index (χ3v) is 3.21. The SMILES string of the molecule is CN=C(NCc1coc(-c2ccccc2)n1)NCc1nc(C)no1.I. The van der Waals surface area contributed by atoms with Crippen LogP contribution in [-0.4, -0.2) is 28.1 Å². The van der Waals surface area contributed by atoms with Crippen LogP contribution >= 0.6 is 24.0 Å². The first-order chi connectivity index (χ1) is 11.7. The van der Waals surface area contributed by atoms with Crippen molar-refractivity contribution in [3.63, 3.8) is 0 Å². The van der Waals surface area contributed by atoms with E-state index in [0.29, 0.717) is 36.7 Å². The minimum atomic E-state index is 0. The number of nitrogens with zero attached hydrogens (tertiary/aromatic N) is 4. The van der Waals surface area contributed by atoms with E-state index in [0.717, 1.165) is 11.3 Å². The van der Waals surface area contributed by atoms with Crippen molar-refractivity contribution in [2.24, 2.45) is 4.99 Å². The highest BCUT2D eigenvalue weighted by molar-refractivity contribution is 14.0. The number of aromatic nitrogens is 3. The number of oxazole rings is 1. The molecule has 3 rings (SSSR count). The van der Waals surface area contributed by atoms with Gasteiger partial charge in [-0.05, 0) is 19.1 Å². The molecule has 0 aliphatic carbocycles. The Morgan fingerprint density at radius 1 is 1.12 bits per heavy atom. The van der Waals surface area contributed by atoms with Crippen LogP contribution in [0, 0.1) is 6.92 Å². The van der Waals surface area contributed by atoms with Crippen molar-refractivity contribution in [3.05, 3.63) is 54.0 Å². The highest BCUT2D eigenvalue weighted by atomic mass is 127. The lowest BCUT2D eigenvalue weighted by molar-refractivity contribution is 0.371. The van der Waals surface area contributed by atoms with E-state index >= 15 is 0 Å². The molecule has 0 aliphatic rings. The van der Waals surface area contributed by atoms with Gasteiger partial charge in [-0.15, -0.1) is 24.0 Å². The average Bonchev–Trinajstić information content (AvgIpc) is 3.25. The molecular weight excluding hydrogens is 435 g/mol. The van der Waals surface area contributed by atoms with E-state index in [1.54, 1.807) is 20.2 Å². The van der Waals surface area contributed by atoms with Gasteiger partial charge in [0, 0.05) is 12.6 Å². The van der Waals surface area contributed by atoms with E-state index < -0.39 is 0 Å². The summed E-state index contributed by atoms with van der Waals surface area (Å²) in [5, 5.41) is 9.98. The third-order valence-electron chi connectivity index (χ3n) is 3.21. The molecule has 0 saturated carbocycles. The van der Waals surface area contributed by atoms with Crippen molar-refractivity contribution in [1.82, 2.24) is 25.8 Å². The molecule has 2 heterocycles. The first-order valence-corrected chi connectivity index (χ1v) is 7.48. The fourth-order valence-corrected chi connectivity index (χ4v) is 2.07. The van der Waals surface area contributed by atoms with E-state index in [1.165, 1.54) is 0 Å². The normalized spacial score (nSPS) is 11.0. The first kappa shape index (κ1) is 18.9. The predicted molar refractivity (Wildman–Crippen MR) is 103 cm³/mol. The van der Waals surface area contributed by atoms with Gasteiger partial charge in [0.25, 0.3) is 0 Å². The van der Waals surface area contributed by atoms with Gasteiger partial charge in [0.15, 0.2) is 11.8 Å². The van der Waals surface area contributed by atoms with Crippen molar-refractivity contribution < 1.29 is 8.94 Å². The van der Waals surface area contributed by atoms with E-state index in [1.807, 2.05) is 30.3 Å². The summed E-state index contributed by atoms with van der Waals surface area (Å²) in [5.74, 6) is 2.31. The largest absolute Gasteiger partial charge is 0.444 e. The molecule has 1 aromatic carbocycles. The maximum atomic E-state index is 5.50. The fraction of sp³-hybridized carbons (Fsp3) is 0.250. The van der Waals surface area contributed by atoms with Crippen molar-refractivity contribution in [2.45, 2.75) is 20.0 Å². The number of rotatable bonds is 5. The first-order valence-electron chi connectivity index (χ1n) is 7.48. The molecule has 9 heteroatoms. The zero-order valence-corrected chi connectivity index (χ0v) is 16.2. The summed E-state index contributed by atoms with van der Waals surface area (Å²) in [5.41, 5.74) is 1.73. The summed E-state index contributed by atoms with van der Waals surface area (Å²) in [6.45, 7) is 2.66. The van der Waals surface area contributed by atoms with Gasteiger partial charge >= 0.3 is 0 Å². The number of guanidine groups is 1. The maximum absolute atomic E-state index is 5.50. The van der Waals surface area contributed by atoms with Crippen LogP contribution in [0.5, 0.6) is 0 Å². The molecule has 25 heavy (non-hydrogen) atoms. The molecule has 3 aromatic rings. The molecule has 0 bridgehead atoms. The number of nitrogens with one attached hydrogen (secondary N) is 2. The average molecular weight is 454 g/mol. The molecule has 0 saturated heterocycles. The van der Waals surface area contributed by atoms with Crippen molar-refractivity contribution in [1.29, 1.82) is 0 Å². The molecule has 0 spiro atoms. The number of benzene rings is 1. The minimum absolute atomic E-state index is 0. The molecule has 2 aromatic heterocycles. The van der Waals surface area contributed by atoms with Crippen LogP contribution in [0.3, 0.4) is 0 Å². The summed E-state index contributed by atoms with van der Waals surface area (Å²) in [7, 11) is 1.69. The van der Waals surface area contributed by atoms with Gasteiger partial charge < -0.3 is 19.6 Å². The van der Waals surface area contributed by atoms with Gasteiger partial charge in [0.1, 0.15) is 6.26 Å². The van der Waals surface area contributed by atoms with Crippen LogP contribution in [0.25, 0.3) is 11.5 Å². The Hall–Kier alpha value is -2.43. The van der Waals surface area contributed by atoms with Crippen molar-refractivity contribution in [3.8, 4) is 11.5 Å². The molecule has 132 valence electrons. The van der Waals surface area contributed by atoms with Crippen LogP contribution in [0.15, 0.2) is 50.5 Å². The minimum Gasteiger partial charge on any atom is -0.444 e. The summed E-state index contributed by atoms with van der Waals surface area (Å²) in [6, 6.07) is 9.76. The van der Waals surface area contributed by atoms with E-state index in [2.05, 4.69) is 30.8 Å². The monoisotopic (exact) mass is 454 g/mol. The second kappa shape index (κ2) is 9.16. The number of aryl methyl sites for hydroxylation is 1. The zero-order valence-electron chi connectivity index (χ0n) is 13.9. The number of halogens is 1. The topological polar surface area (TPSA) is 101 Å². The van der Waals surface area contributed by atoms with Gasteiger partial charge in [-0.1, -0.05) is 23.4 Å². The van der Waals surface area contributed by atoms with Crippen LogP contribution < -0.4 is 10.6 Å². The third kappa shape index (κ3) is 5.28. The number of hydrogen-bond donors (Lipinski definition) is 2. The summed E-state index contributed by atoms with van der Waals surface area (Å²) >= 11 is 0. The number of aliphatic imine (C=N–C) groups is 1. The molecule has 0 atom stereocenters. The van der Waals surface area contributed by atoms with Crippen LogP contribution in [0.2, 0.25) is 0 Å². The number of hydrogen-bond acceptors (Lipinski definition) is 6. The molecule has 0 fully saturated rings. The van der Waals surface area contributed by atoms with Gasteiger partial charge in [0.2, 0.25) is 11.8 Å². The second-order valence-corrected chi connectivity index (χ2v) is 5.02. The van der Waals surface area contributed by atoms with Gasteiger partial charge in [-0.25, -0.2) is 4.98 Å². The predicted octanol–water partition coefficient (Wildman–Crippen LogP) is 2.52. The second-order valence-electron chi connectivity index (χ2n) is 5.02. The molecule has 8 nitrogen and oxygen atoms in total. The van der Waals surface area contributed by atoms with Crippen LogP contribution in [0.1, 0.15) is 17.4 Å². The molecule has 0 amide bonds. The van der Waals surface area contributed by atoms with Gasteiger partial charge in [-0.2, -0.15) is 4.98 Å². The summed E-state index contributed by atoms with van der Waals surface area (Å²) in [6.07, 6.45) is 1.63. The molecule has 2 N–H and O–H groups in total. The molecule has 0 aliphatic heterocycles. The Kier molecular flexibility index (Phi) is 6.92. The Balaban J connectivity index is 0.00000225. The Morgan fingerprint density at radius 2 is 1.88 bits per heavy atom. The maximum Gasteiger partial charge on any atom is 0.246 e. The summed E-state index contributed by atoms with van der Waals surface area (Å²) < 4.78 is 10.5. The smallest absolute Gasteiger partial charge is 0.246 e. The molecule has 0 radical (unpaired) electrons. The zero-order chi connectivity index (χ0) is 16.8. The van der Waals surface area contributed by atoms with Crippen molar-refractivity contribution >= 4 is 29.9 Å². The lowest BCUT2D eigenvalue weighted by Crippen LogP contribution is -2.36. The fourth-order valence-electron chi connectivity index (χ4n) is 2.07. The lowest BCUT2D eigenvalue weighted by Gasteiger charge is -2.08. The quantitative estimate of drug-likeness (QED) is 0.347. The standard InChI is InChI=1S/C16H18N6O2.HI/c1-11-20-14(24-22-11)9-19-16(17-2)18-8-13-10-23-15(21-13)12-6-4-3-5-7-12;/h3-7,10H,8-9H2,1-2H3,(H2,17,18,19);1H. The van der Waals surface area contributed by atoms with E-state index in [4.69, 9.17) is 8.94 Å². The van der Waals surface area contributed by atoms with Gasteiger partial charge in [-0.3, -0.25) is 4.99 Å².